The van der Waals surface area contributed by atoms with Crippen LogP contribution in [-0.2, 0) is 35.9 Å². The number of benzene rings is 6. The summed E-state index contributed by atoms with van der Waals surface area (Å²) in [5, 5.41) is 0. The number of nitrogens with two attached hydrogens (primary N) is 3. The van der Waals surface area contributed by atoms with E-state index in [1.165, 1.54) is 28.8 Å². The average molecular weight is 1060 g/mol. The van der Waals surface area contributed by atoms with Gasteiger partial charge in [0.25, 0.3) is 17.7 Å². The maximum Gasteiger partial charge on any atom is 0.253 e. The van der Waals surface area contributed by atoms with Crippen molar-refractivity contribution < 1.29 is 42.5 Å². The Morgan fingerprint density at radius 1 is 0.474 bits per heavy atom. The lowest BCUT2D eigenvalue weighted by atomic mass is 9.74. The number of likely N-dealkylation sites (tertiary alicyclic amines) is 3. The van der Waals surface area contributed by atoms with Crippen molar-refractivity contribution in [3.8, 4) is 28.7 Å². The molecule has 0 atom stereocenters. The van der Waals surface area contributed by atoms with E-state index in [-0.39, 0.29) is 39.8 Å². The van der Waals surface area contributed by atoms with Crippen LogP contribution in [0.1, 0.15) is 109 Å². The SMILES string of the molecule is COc1ccc(C(=O)N2CCC3(CC2)COc2ccc(CN)cc23)cc1OC.Cc1cccc(C(=O)N2CCC3(CC2)COc2ccc(CN)cc23)c1.NCc1ccc2c(c1)C1(CCN(C(=O)c3cccc(F)c3)CC1)CO2. The van der Waals surface area contributed by atoms with Crippen molar-refractivity contribution in [3.05, 3.63) is 183 Å². The van der Waals surface area contributed by atoms with Gasteiger partial charge in [-0.2, -0.15) is 0 Å². The molecule has 0 radical (unpaired) electrons. The number of carbonyl (C=O) groups excluding carboxylic acids is 3. The van der Waals surface area contributed by atoms with Gasteiger partial charge in [0.15, 0.2) is 11.5 Å². The van der Waals surface area contributed by atoms with Crippen LogP contribution in [0.3, 0.4) is 0 Å². The maximum absolute atomic E-state index is 13.4. The number of piperidine rings is 3. The largest absolute Gasteiger partial charge is 0.493 e. The first-order valence-electron chi connectivity index (χ1n) is 27.1. The molecule has 12 rings (SSSR count). The highest BCUT2D eigenvalue weighted by atomic mass is 19.1. The van der Waals surface area contributed by atoms with E-state index in [9.17, 15) is 18.8 Å². The molecular weight excluding hydrogens is 988 g/mol. The van der Waals surface area contributed by atoms with Crippen LogP contribution in [-0.4, -0.2) is 106 Å². The third kappa shape index (κ3) is 10.8. The van der Waals surface area contributed by atoms with Crippen LogP contribution in [0.4, 0.5) is 4.39 Å². The summed E-state index contributed by atoms with van der Waals surface area (Å²) in [4.78, 5) is 44.1. The topological polar surface area (TPSA) is 185 Å². The molecule has 0 aromatic heterocycles. The summed E-state index contributed by atoms with van der Waals surface area (Å²) in [6, 6.07) is 37.7. The van der Waals surface area contributed by atoms with E-state index >= 15 is 0 Å². The maximum atomic E-state index is 13.4. The summed E-state index contributed by atoms with van der Waals surface area (Å²) < 4.78 is 41.8. The number of hydrogen-bond acceptors (Lipinski definition) is 11. The number of ether oxygens (including phenoxy) is 5. The molecule has 3 fully saturated rings. The second-order valence-corrected chi connectivity index (χ2v) is 21.6. The van der Waals surface area contributed by atoms with Gasteiger partial charge < -0.3 is 55.6 Å². The van der Waals surface area contributed by atoms with Crippen molar-refractivity contribution in [2.75, 3.05) is 73.3 Å². The highest BCUT2D eigenvalue weighted by Gasteiger charge is 2.46. The van der Waals surface area contributed by atoms with E-state index in [0.717, 1.165) is 96.7 Å². The number of methoxy groups -OCH3 is 2. The Labute approximate surface area is 456 Å². The molecule has 0 unspecified atom stereocenters. The summed E-state index contributed by atoms with van der Waals surface area (Å²) in [5.74, 6) is 3.71. The van der Waals surface area contributed by atoms with E-state index in [2.05, 4.69) is 18.2 Å². The second kappa shape index (κ2) is 22.9. The highest BCUT2D eigenvalue weighted by molar-refractivity contribution is 5.96. The first-order valence-corrected chi connectivity index (χ1v) is 27.1. The average Bonchev–Trinajstić information content (AvgIpc) is 4.20. The number of aryl methyl sites for hydroxylation is 1. The van der Waals surface area contributed by atoms with Gasteiger partial charge in [-0.25, -0.2) is 4.39 Å². The first-order chi connectivity index (χ1) is 37.8. The van der Waals surface area contributed by atoms with E-state index in [1.807, 2.05) is 82.3 Å². The quantitative estimate of drug-likeness (QED) is 0.133. The van der Waals surface area contributed by atoms with Crippen molar-refractivity contribution >= 4 is 17.7 Å². The normalized spacial score (nSPS) is 17.8. The van der Waals surface area contributed by atoms with E-state index in [4.69, 9.17) is 40.9 Å². The van der Waals surface area contributed by atoms with Crippen LogP contribution in [0, 0.1) is 12.7 Å². The molecule has 3 spiro atoms. The van der Waals surface area contributed by atoms with Crippen LogP contribution < -0.4 is 40.9 Å². The lowest BCUT2D eigenvalue weighted by Gasteiger charge is -2.38. The Kier molecular flexibility index (Phi) is 15.8. The van der Waals surface area contributed by atoms with Crippen LogP contribution in [0.2, 0.25) is 0 Å². The van der Waals surface area contributed by atoms with Gasteiger partial charge in [0.1, 0.15) is 23.1 Å². The number of fused-ring (bicyclic) bond motifs is 6. The van der Waals surface area contributed by atoms with Crippen LogP contribution >= 0.6 is 0 Å². The third-order valence-corrected chi connectivity index (χ3v) is 17.1. The predicted molar refractivity (Wildman–Crippen MR) is 297 cm³/mol. The number of nitrogens with zero attached hydrogens (tertiary/aromatic N) is 3. The Balaban J connectivity index is 0.000000133. The molecule has 6 N–H and O–H groups in total. The first kappa shape index (κ1) is 53.9. The fourth-order valence-electron chi connectivity index (χ4n) is 12.2. The van der Waals surface area contributed by atoms with Gasteiger partial charge in [-0.1, -0.05) is 60.2 Å². The lowest BCUT2D eigenvalue weighted by Crippen LogP contribution is -2.46. The minimum atomic E-state index is -0.383. The number of hydrogen-bond donors (Lipinski definition) is 3. The summed E-state index contributed by atoms with van der Waals surface area (Å²) >= 11 is 0. The molecule has 6 aliphatic heterocycles. The number of amides is 3. The van der Waals surface area contributed by atoms with E-state index in [1.54, 1.807) is 44.6 Å². The standard InChI is InChI=1S/C22H26N2O4.C21H24N2O2.C20H21FN2O2/c1-26-19-6-4-16(12-20(19)27-2)21(25)24-9-7-22(8-10-24)14-28-18-5-3-15(13-23)11-17(18)22;1-15-3-2-4-17(11-15)20(24)23-9-7-21(8-10-23)14-25-19-6-5-16(13-22)12-18(19)21;21-16-3-1-2-15(11-16)19(24)23-8-6-20(7-9-23)13-25-18-5-4-14(12-22)10-17(18)20/h3-6,11-12H,7-10,13-14,23H2,1-2H3;2-6,11-12H,7-10,13-14,22H2,1H3;1-5,10-11H,6-9,12-13,22H2. The zero-order valence-corrected chi connectivity index (χ0v) is 45.0. The second-order valence-electron chi connectivity index (χ2n) is 21.6. The van der Waals surface area contributed by atoms with Crippen LogP contribution in [0.25, 0.3) is 0 Å². The molecule has 0 aliphatic carbocycles. The smallest absolute Gasteiger partial charge is 0.253 e. The third-order valence-electron chi connectivity index (χ3n) is 17.1. The molecule has 6 aromatic rings. The molecule has 0 bridgehead atoms. The summed E-state index contributed by atoms with van der Waals surface area (Å²) in [6.45, 7) is 9.84. The van der Waals surface area contributed by atoms with Gasteiger partial charge >= 0.3 is 0 Å². The van der Waals surface area contributed by atoms with E-state index < -0.39 is 0 Å². The van der Waals surface area contributed by atoms with E-state index in [0.29, 0.717) is 88.3 Å². The van der Waals surface area contributed by atoms with Gasteiger partial charge in [-0.05, 0) is 129 Å². The van der Waals surface area contributed by atoms with Gasteiger partial charge in [0, 0.05) is 109 Å². The predicted octanol–water partition coefficient (Wildman–Crippen LogP) is 8.60. The van der Waals surface area contributed by atoms with Gasteiger partial charge in [-0.3, -0.25) is 14.4 Å². The molecular formula is C63H71FN6O8. The lowest BCUT2D eigenvalue weighted by molar-refractivity contribution is 0.0639. The zero-order chi connectivity index (χ0) is 54.6. The van der Waals surface area contributed by atoms with Crippen molar-refractivity contribution in [2.45, 2.75) is 81.3 Å². The zero-order valence-electron chi connectivity index (χ0n) is 45.0. The Bertz CT molecular complexity index is 3040. The van der Waals surface area contributed by atoms with Crippen molar-refractivity contribution in [3.63, 3.8) is 0 Å². The minimum Gasteiger partial charge on any atom is -0.493 e. The van der Waals surface area contributed by atoms with Gasteiger partial charge in [-0.15, -0.1) is 0 Å². The highest BCUT2D eigenvalue weighted by Crippen LogP contribution is 2.49. The number of carbonyl (C=O) groups is 3. The van der Waals surface area contributed by atoms with Crippen molar-refractivity contribution in [1.82, 2.24) is 14.7 Å². The van der Waals surface area contributed by atoms with Crippen LogP contribution in [0.5, 0.6) is 28.7 Å². The molecule has 6 aromatic carbocycles. The molecule has 3 saturated heterocycles. The molecule has 6 heterocycles. The molecule has 3 amide bonds. The van der Waals surface area contributed by atoms with Gasteiger partial charge in [0.2, 0.25) is 0 Å². The van der Waals surface area contributed by atoms with Gasteiger partial charge in [0.05, 0.1) is 34.0 Å². The fourth-order valence-corrected chi connectivity index (χ4v) is 12.2. The van der Waals surface area contributed by atoms with Crippen LogP contribution in [0.15, 0.2) is 121 Å². The molecule has 15 heteroatoms. The monoisotopic (exact) mass is 1060 g/mol. The molecule has 6 aliphatic rings. The molecule has 0 saturated carbocycles. The Morgan fingerprint density at radius 2 is 0.846 bits per heavy atom. The molecule has 14 nitrogen and oxygen atoms in total. The minimum absolute atomic E-state index is 0.0190. The number of halogens is 1. The van der Waals surface area contributed by atoms with Crippen molar-refractivity contribution in [1.29, 1.82) is 0 Å². The Hall–Kier alpha value is -7.46. The van der Waals surface area contributed by atoms with Crippen molar-refractivity contribution in [2.24, 2.45) is 17.2 Å². The summed E-state index contributed by atoms with van der Waals surface area (Å²) in [6.07, 6.45) is 5.32. The molecule has 78 heavy (non-hydrogen) atoms. The fraction of sp³-hybridized carbons (Fsp3) is 0.381. The number of rotatable bonds is 8. The Morgan fingerprint density at radius 3 is 1.21 bits per heavy atom. The summed E-state index contributed by atoms with van der Waals surface area (Å²) in [5.41, 5.74) is 27.4. The summed E-state index contributed by atoms with van der Waals surface area (Å²) in [7, 11) is 3.16. The molecule has 408 valence electrons.